The lowest BCUT2D eigenvalue weighted by Gasteiger charge is -2.38. The SMILES string of the molecule is COc1ccc(Cl)cc1CN(C)CC(=O)NCC1(c2ccccc2)CCOCC1. The van der Waals surface area contributed by atoms with Crippen LogP contribution in [0.3, 0.4) is 0 Å². The second-order valence-corrected chi connectivity index (χ2v) is 8.10. The second kappa shape index (κ2) is 10.1. The van der Waals surface area contributed by atoms with Crippen molar-refractivity contribution in [2.24, 2.45) is 0 Å². The van der Waals surface area contributed by atoms with Crippen molar-refractivity contribution >= 4 is 17.5 Å². The lowest BCUT2D eigenvalue weighted by atomic mass is 9.74. The molecule has 0 spiro atoms. The molecule has 5 nitrogen and oxygen atoms in total. The Kier molecular flexibility index (Phi) is 7.53. The lowest BCUT2D eigenvalue weighted by molar-refractivity contribution is -0.122. The molecule has 29 heavy (non-hydrogen) atoms. The summed E-state index contributed by atoms with van der Waals surface area (Å²) >= 11 is 6.11. The molecule has 6 heteroatoms. The van der Waals surface area contributed by atoms with E-state index < -0.39 is 0 Å². The summed E-state index contributed by atoms with van der Waals surface area (Å²) in [5.41, 5.74) is 2.16. The van der Waals surface area contributed by atoms with Crippen molar-refractivity contribution in [1.82, 2.24) is 10.2 Å². The number of hydrogen-bond acceptors (Lipinski definition) is 4. The van der Waals surface area contributed by atoms with Crippen LogP contribution in [0.15, 0.2) is 48.5 Å². The maximum absolute atomic E-state index is 12.6. The summed E-state index contributed by atoms with van der Waals surface area (Å²) in [4.78, 5) is 14.6. The van der Waals surface area contributed by atoms with E-state index in [1.807, 2.05) is 30.1 Å². The highest BCUT2D eigenvalue weighted by Gasteiger charge is 2.34. The first-order chi connectivity index (χ1) is 14.0. The van der Waals surface area contributed by atoms with Gasteiger partial charge in [-0.15, -0.1) is 0 Å². The molecule has 0 aromatic heterocycles. The highest BCUT2D eigenvalue weighted by Crippen LogP contribution is 2.34. The summed E-state index contributed by atoms with van der Waals surface area (Å²) in [5, 5.41) is 3.81. The Balaban J connectivity index is 1.59. The maximum atomic E-state index is 12.6. The Morgan fingerprint density at radius 1 is 1.21 bits per heavy atom. The van der Waals surface area contributed by atoms with Crippen molar-refractivity contribution in [3.8, 4) is 5.75 Å². The minimum absolute atomic E-state index is 0.00953. The Labute approximate surface area is 177 Å². The number of nitrogens with one attached hydrogen (secondary N) is 1. The Morgan fingerprint density at radius 3 is 2.62 bits per heavy atom. The third kappa shape index (κ3) is 5.72. The minimum Gasteiger partial charge on any atom is -0.496 e. The molecule has 156 valence electrons. The van der Waals surface area contributed by atoms with E-state index in [1.54, 1.807) is 13.2 Å². The molecule has 0 aliphatic carbocycles. The molecule has 0 unspecified atom stereocenters. The summed E-state index contributed by atoms with van der Waals surface area (Å²) in [5.74, 6) is 0.780. The van der Waals surface area contributed by atoms with E-state index in [-0.39, 0.29) is 11.3 Å². The summed E-state index contributed by atoms with van der Waals surface area (Å²) in [6.07, 6.45) is 1.82. The lowest BCUT2D eigenvalue weighted by Crippen LogP contribution is -2.46. The molecular weight excluding hydrogens is 388 g/mol. The van der Waals surface area contributed by atoms with Crippen LogP contribution < -0.4 is 10.1 Å². The van der Waals surface area contributed by atoms with Gasteiger partial charge in [0.25, 0.3) is 0 Å². The van der Waals surface area contributed by atoms with Gasteiger partial charge in [-0.2, -0.15) is 0 Å². The van der Waals surface area contributed by atoms with Gasteiger partial charge in [0.2, 0.25) is 5.91 Å². The molecule has 1 saturated heterocycles. The Bertz CT molecular complexity index is 807. The van der Waals surface area contributed by atoms with E-state index in [4.69, 9.17) is 21.1 Å². The fraction of sp³-hybridized carbons (Fsp3) is 0.435. The molecule has 1 N–H and O–H groups in total. The van der Waals surface area contributed by atoms with Gasteiger partial charge < -0.3 is 14.8 Å². The zero-order chi connectivity index (χ0) is 20.7. The quantitative estimate of drug-likeness (QED) is 0.713. The van der Waals surface area contributed by atoms with Crippen molar-refractivity contribution in [2.75, 3.05) is 40.5 Å². The Hall–Kier alpha value is -2.08. The average Bonchev–Trinajstić information content (AvgIpc) is 2.74. The van der Waals surface area contributed by atoms with Crippen LogP contribution in [0.2, 0.25) is 5.02 Å². The molecule has 0 atom stereocenters. The number of amides is 1. The highest BCUT2D eigenvalue weighted by molar-refractivity contribution is 6.30. The minimum atomic E-state index is -0.0656. The number of carbonyl (C=O) groups excluding carboxylic acids is 1. The predicted octanol–water partition coefficient (Wildman–Crippen LogP) is 3.65. The first-order valence-electron chi connectivity index (χ1n) is 9.93. The molecule has 1 amide bonds. The van der Waals surface area contributed by atoms with Gasteiger partial charge in [-0.1, -0.05) is 41.9 Å². The van der Waals surface area contributed by atoms with Crippen molar-refractivity contribution in [1.29, 1.82) is 0 Å². The first-order valence-corrected chi connectivity index (χ1v) is 10.3. The van der Waals surface area contributed by atoms with Crippen LogP contribution in [0.4, 0.5) is 0 Å². The van der Waals surface area contributed by atoms with Gasteiger partial charge in [0.05, 0.1) is 13.7 Å². The van der Waals surface area contributed by atoms with Crippen LogP contribution in [-0.4, -0.2) is 51.3 Å². The predicted molar refractivity (Wildman–Crippen MR) is 116 cm³/mol. The van der Waals surface area contributed by atoms with E-state index >= 15 is 0 Å². The van der Waals surface area contributed by atoms with Crippen LogP contribution in [0.25, 0.3) is 0 Å². The molecule has 0 bridgehead atoms. The number of rotatable bonds is 8. The highest BCUT2D eigenvalue weighted by atomic mass is 35.5. The number of hydrogen-bond donors (Lipinski definition) is 1. The first kappa shape index (κ1) is 21.6. The number of nitrogens with zero attached hydrogens (tertiary/aromatic N) is 1. The topological polar surface area (TPSA) is 50.8 Å². The number of methoxy groups -OCH3 is 1. The van der Waals surface area contributed by atoms with E-state index in [0.29, 0.717) is 24.7 Å². The summed E-state index contributed by atoms with van der Waals surface area (Å²) < 4.78 is 11.0. The van der Waals surface area contributed by atoms with Gasteiger partial charge >= 0.3 is 0 Å². The van der Waals surface area contributed by atoms with Crippen molar-refractivity contribution < 1.29 is 14.3 Å². The third-order valence-corrected chi connectivity index (χ3v) is 5.79. The average molecular weight is 417 g/mol. The molecular formula is C23H29ClN2O3. The smallest absolute Gasteiger partial charge is 0.234 e. The Morgan fingerprint density at radius 2 is 1.93 bits per heavy atom. The largest absolute Gasteiger partial charge is 0.496 e. The molecule has 0 saturated carbocycles. The molecule has 3 rings (SSSR count). The van der Waals surface area contributed by atoms with Crippen LogP contribution in [0.1, 0.15) is 24.0 Å². The number of halogens is 1. The van der Waals surface area contributed by atoms with Gasteiger partial charge in [-0.25, -0.2) is 0 Å². The van der Waals surface area contributed by atoms with Crippen LogP contribution in [0, 0.1) is 0 Å². The zero-order valence-electron chi connectivity index (χ0n) is 17.1. The van der Waals surface area contributed by atoms with E-state index in [9.17, 15) is 4.79 Å². The van der Waals surface area contributed by atoms with Crippen LogP contribution in [0.5, 0.6) is 5.75 Å². The van der Waals surface area contributed by atoms with E-state index in [0.717, 1.165) is 37.4 Å². The molecule has 2 aromatic carbocycles. The van der Waals surface area contributed by atoms with Crippen molar-refractivity contribution in [3.05, 3.63) is 64.7 Å². The molecule has 1 aliphatic heterocycles. The second-order valence-electron chi connectivity index (χ2n) is 7.66. The maximum Gasteiger partial charge on any atom is 0.234 e. The van der Waals surface area contributed by atoms with E-state index in [1.165, 1.54) is 5.56 Å². The van der Waals surface area contributed by atoms with Gasteiger partial charge in [0, 0.05) is 42.3 Å². The summed E-state index contributed by atoms with van der Waals surface area (Å²) in [6, 6.07) is 16.0. The zero-order valence-corrected chi connectivity index (χ0v) is 17.9. The molecule has 1 fully saturated rings. The fourth-order valence-corrected chi connectivity index (χ4v) is 4.10. The fourth-order valence-electron chi connectivity index (χ4n) is 3.91. The molecule has 1 aliphatic rings. The van der Waals surface area contributed by atoms with Gasteiger partial charge in [-0.3, -0.25) is 9.69 Å². The monoisotopic (exact) mass is 416 g/mol. The van der Waals surface area contributed by atoms with Crippen LogP contribution in [-0.2, 0) is 21.5 Å². The number of benzene rings is 2. The van der Waals surface area contributed by atoms with E-state index in [2.05, 4.69) is 29.6 Å². The van der Waals surface area contributed by atoms with Gasteiger partial charge in [0.15, 0.2) is 0 Å². The molecule has 0 radical (unpaired) electrons. The van der Waals surface area contributed by atoms with Gasteiger partial charge in [0.1, 0.15) is 5.75 Å². The number of ether oxygens (including phenoxy) is 2. The van der Waals surface area contributed by atoms with Crippen molar-refractivity contribution in [3.63, 3.8) is 0 Å². The standard InChI is InChI=1S/C23H29ClN2O3/c1-26(15-18-14-20(24)8-9-21(18)28-2)16-22(27)25-17-23(10-12-29-13-11-23)19-6-4-3-5-7-19/h3-9,14H,10-13,15-17H2,1-2H3,(H,25,27). The summed E-state index contributed by atoms with van der Waals surface area (Å²) in [7, 11) is 3.55. The number of carbonyl (C=O) groups is 1. The van der Waals surface area contributed by atoms with Gasteiger partial charge in [-0.05, 0) is 43.7 Å². The third-order valence-electron chi connectivity index (χ3n) is 5.56. The molecule has 2 aromatic rings. The molecule has 1 heterocycles. The normalized spacial score (nSPS) is 15.9. The summed E-state index contributed by atoms with van der Waals surface area (Å²) in [6.45, 7) is 2.94. The van der Waals surface area contributed by atoms with Crippen LogP contribution >= 0.6 is 11.6 Å². The van der Waals surface area contributed by atoms with Crippen molar-refractivity contribution in [2.45, 2.75) is 24.8 Å². The number of likely N-dealkylation sites (N-methyl/N-ethyl adjacent to an activating group) is 1.